The van der Waals surface area contributed by atoms with Crippen LogP contribution < -0.4 is 4.98 Å². The van der Waals surface area contributed by atoms with Gasteiger partial charge in [-0.1, -0.05) is 0 Å². The molecule has 1 fully saturated rings. The topological polar surface area (TPSA) is 21.3 Å². The predicted molar refractivity (Wildman–Crippen MR) is 40.7 cm³/mol. The SMILES string of the molecule is CCO[Si]1(C)CCCN1. The Morgan fingerprint density at radius 2 is 2.44 bits per heavy atom. The average molecular weight is 145 g/mol. The normalized spacial score (nSPS) is 35.3. The molecule has 0 bridgehead atoms. The van der Waals surface area contributed by atoms with Gasteiger partial charge in [0.1, 0.15) is 0 Å². The molecule has 1 aliphatic heterocycles. The summed E-state index contributed by atoms with van der Waals surface area (Å²) in [6.45, 7) is 6.36. The molecule has 1 saturated heterocycles. The lowest BCUT2D eigenvalue weighted by molar-refractivity contribution is 0.322. The highest BCUT2D eigenvalue weighted by Crippen LogP contribution is 2.15. The van der Waals surface area contributed by atoms with Gasteiger partial charge < -0.3 is 9.41 Å². The summed E-state index contributed by atoms with van der Waals surface area (Å²) in [4.78, 5) is 3.45. The first-order valence-electron chi connectivity index (χ1n) is 3.66. The van der Waals surface area contributed by atoms with Crippen molar-refractivity contribution in [2.75, 3.05) is 13.2 Å². The van der Waals surface area contributed by atoms with Crippen LogP contribution in [-0.2, 0) is 4.43 Å². The lowest BCUT2D eigenvalue weighted by atomic mass is 10.5. The minimum Gasteiger partial charge on any atom is -0.403 e. The summed E-state index contributed by atoms with van der Waals surface area (Å²) in [6.07, 6.45) is 1.31. The Balaban J connectivity index is 2.32. The molecule has 1 rings (SSSR count). The molecular formula is C6H15NOSi. The Morgan fingerprint density at radius 3 is 2.89 bits per heavy atom. The summed E-state index contributed by atoms with van der Waals surface area (Å²) in [5.41, 5.74) is 0. The van der Waals surface area contributed by atoms with E-state index in [0.717, 1.165) is 6.61 Å². The second-order valence-electron chi connectivity index (χ2n) is 2.69. The summed E-state index contributed by atoms with van der Waals surface area (Å²) >= 11 is 0. The molecule has 1 N–H and O–H groups in total. The fraction of sp³-hybridized carbons (Fsp3) is 1.00. The van der Waals surface area contributed by atoms with Crippen molar-refractivity contribution >= 4 is 8.48 Å². The van der Waals surface area contributed by atoms with Crippen LogP contribution in [0, 0.1) is 0 Å². The first-order valence-corrected chi connectivity index (χ1v) is 6.27. The third-order valence-electron chi connectivity index (χ3n) is 1.79. The lowest BCUT2D eigenvalue weighted by Crippen LogP contribution is -2.45. The molecule has 9 heavy (non-hydrogen) atoms. The van der Waals surface area contributed by atoms with Gasteiger partial charge >= 0.3 is 0 Å². The maximum Gasteiger partial charge on any atom is 0.265 e. The zero-order valence-corrected chi connectivity index (χ0v) is 7.24. The Kier molecular flexibility index (Phi) is 2.27. The van der Waals surface area contributed by atoms with Gasteiger partial charge in [-0.05, 0) is 32.5 Å². The van der Waals surface area contributed by atoms with Crippen molar-refractivity contribution in [1.29, 1.82) is 0 Å². The van der Waals surface area contributed by atoms with E-state index in [-0.39, 0.29) is 0 Å². The van der Waals surface area contributed by atoms with Crippen LogP contribution in [0.1, 0.15) is 13.3 Å². The van der Waals surface area contributed by atoms with E-state index in [1.807, 2.05) is 0 Å². The van der Waals surface area contributed by atoms with Crippen molar-refractivity contribution < 1.29 is 4.43 Å². The number of nitrogens with one attached hydrogen (secondary N) is 1. The van der Waals surface area contributed by atoms with Gasteiger partial charge in [-0.15, -0.1) is 0 Å². The highest BCUT2D eigenvalue weighted by molar-refractivity contribution is 6.70. The molecule has 0 aromatic rings. The van der Waals surface area contributed by atoms with Crippen LogP contribution in [0.3, 0.4) is 0 Å². The molecule has 1 unspecified atom stereocenters. The van der Waals surface area contributed by atoms with E-state index in [2.05, 4.69) is 18.5 Å². The summed E-state index contributed by atoms with van der Waals surface area (Å²) in [5.74, 6) is 0. The predicted octanol–water partition coefficient (Wildman–Crippen LogP) is 1.09. The van der Waals surface area contributed by atoms with Gasteiger partial charge in [-0.3, -0.25) is 0 Å². The molecule has 1 atom stereocenters. The fourth-order valence-corrected chi connectivity index (χ4v) is 3.93. The second kappa shape index (κ2) is 2.81. The van der Waals surface area contributed by atoms with Crippen LogP contribution in [0.4, 0.5) is 0 Å². The summed E-state index contributed by atoms with van der Waals surface area (Å²) in [6, 6.07) is 1.29. The number of hydrogen-bond acceptors (Lipinski definition) is 2. The van der Waals surface area contributed by atoms with Crippen LogP contribution in [0.2, 0.25) is 12.6 Å². The van der Waals surface area contributed by atoms with E-state index < -0.39 is 8.48 Å². The van der Waals surface area contributed by atoms with Crippen LogP contribution in [0.25, 0.3) is 0 Å². The zero-order chi connectivity index (χ0) is 6.74. The fourth-order valence-electron chi connectivity index (χ4n) is 1.31. The van der Waals surface area contributed by atoms with E-state index in [4.69, 9.17) is 4.43 Å². The van der Waals surface area contributed by atoms with Gasteiger partial charge in [0.15, 0.2) is 0 Å². The lowest BCUT2D eigenvalue weighted by Gasteiger charge is -2.19. The Bertz CT molecular complexity index is 91.1. The molecule has 0 aliphatic carbocycles. The van der Waals surface area contributed by atoms with E-state index in [9.17, 15) is 0 Å². The molecule has 0 saturated carbocycles. The van der Waals surface area contributed by atoms with E-state index in [1.165, 1.54) is 19.0 Å². The van der Waals surface area contributed by atoms with Gasteiger partial charge in [0.2, 0.25) is 0 Å². The van der Waals surface area contributed by atoms with Gasteiger partial charge in [0, 0.05) is 6.61 Å². The smallest absolute Gasteiger partial charge is 0.265 e. The molecule has 0 aromatic carbocycles. The van der Waals surface area contributed by atoms with Crippen LogP contribution >= 0.6 is 0 Å². The largest absolute Gasteiger partial charge is 0.403 e. The molecule has 0 radical (unpaired) electrons. The van der Waals surface area contributed by atoms with Crippen molar-refractivity contribution in [2.24, 2.45) is 0 Å². The van der Waals surface area contributed by atoms with Gasteiger partial charge in [0.25, 0.3) is 8.48 Å². The average Bonchev–Trinajstić information content (AvgIpc) is 2.16. The maximum absolute atomic E-state index is 5.62. The highest BCUT2D eigenvalue weighted by Gasteiger charge is 2.32. The summed E-state index contributed by atoms with van der Waals surface area (Å²) < 4.78 is 5.62. The van der Waals surface area contributed by atoms with Crippen molar-refractivity contribution in [1.82, 2.24) is 4.98 Å². The van der Waals surface area contributed by atoms with Crippen molar-refractivity contribution in [3.05, 3.63) is 0 Å². The van der Waals surface area contributed by atoms with Gasteiger partial charge in [-0.2, -0.15) is 0 Å². The third kappa shape index (κ3) is 1.78. The molecule has 0 aromatic heterocycles. The third-order valence-corrected chi connectivity index (χ3v) is 5.02. The summed E-state index contributed by atoms with van der Waals surface area (Å²) in [5, 5.41) is 0. The molecule has 2 nitrogen and oxygen atoms in total. The van der Waals surface area contributed by atoms with Crippen molar-refractivity contribution in [2.45, 2.75) is 25.9 Å². The van der Waals surface area contributed by atoms with E-state index in [0.29, 0.717) is 0 Å². The minimum atomic E-state index is -1.34. The standard InChI is InChI=1S/C6H15NOSi/c1-3-8-9(2)6-4-5-7-9/h7H,3-6H2,1-2H3. The molecule has 3 heteroatoms. The summed E-state index contributed by atoms with van der Waals surface area (Å²) in [7, 11) is -1.34. The highest BCUT2D eigenvalue weighted by atomic mass is 28.4. The van der Waals surface area contributed by atoms with Crippen molar-refractivity contribution in [3.63, 3.8) is 0 Å². The molecule has 0 amide bonds. The molecule has 1 aliphatic rings. The molecular weight excluding hydrogens is 130 g/mol. The Labute approximate surface area is 57.8 Å². The number of rotatable bonds is 2. The van der Waals surface area contributed by atoms with E-state index >= 15 is 0 Å². The molecule has 0 spiro atoms. The van der Waals surface area contributed by atoms with Crippen molar-refractivity contribution in [3.8, 4) is 0 Å². The Hall–Kier alpha value is 0.137. The van der Waals surface area contributed by atoms with Gasteiger partial charge in [0.05, 0.1) is 0 Å². The minimum absolute atomic E-state index is 0.871. The van der Waals surface area contributed by atoms with Gasteiger partial charge in [-0.25, -0.2) is 0 Å². The first-order chi connectivity index (χ1) is 4.27. The van der Waals surface area contributed by atoms with Crippen LogP contribution in [0.15, 0.2) is 0 Å². The molecule has 1 heterocycles. The molecule has 54 valence electrons. The van der Waals surface area contributed by atoms with Crippen LogP contribution in [0.5, 0.6) is 0 Å². The monoisotopic (exact) mass is 145 g/mol. The Morgan fingerprint density at radius 1 is 1.67 bits per heavy atom. The number of hydrogen-bond donors (Lipinski definition) is 1. The first kappa shape index (κ1) is 7.25. The second-order valence-corrected chi connectivity index (χ2v) is 6.30. The quantitative estimate of drug-likeness (QED) is 0.587. The van der Waals surface area contributed by atoms with Crippen LogP contribution in [-0.4, -0.2) is 21.6 Å². The maximum atomic E-state index is 5.62. The zero-order valence-electron chi connectivity index (χ0n) is 6.24. The van der Waals surface area contributed by atoms with E-state index in [1.54, 1.807) is 0 Å².